The Hall–Kier alpha value is -2.94. The molecule has 0 bridgehead atoms. The molecule has 1 amide bonds. The summed E-state index contributed by atoms with van der Waals surface area (Å²) < 4.78 is 25.4. The fourth-order valence-corrected chi connectivity index (χ4v) is 6.43. The van der Waals surface area contributed by atoms with E-state index in [9.17, 15) is 13.2 Å². The van der Waals surface area contributed by atoms with Crippen molar-refractivity contribution in [1.29, 1.82) is 0 Å². The van der Waals surface area contributed by atoms with Gasteiger partial charge in [0.05, 0.1) is 29.4 Å². The van der Waals surface area contributed by atoms with E-state index in [-0.39, 0.29) is 34.8 Å². The molecule has 2 N–H and O–H groups in total. The molecule has 5 rings (SSSR count). The summed E-state index contributed by atoms with van der Waals surface area (Å²) in [4.78, 5) is 12.9. The molecular formula is C23H27N5O3S. The minimum absolute atomic E-state index is 0.0486. The van der Waals surface area contributed by atoms with E-state index in [0.29, 0.717) is 11.4 Å². The van der Waals surface area contributed by atoms with Crippen molar-refractivity contribution in [2.24, 2.45) is 11.3 Å². The first-order chi connectivity index (χ1) is 15.2. The zero-order valence-electron chi connectivity index (χ0n) is 18.2. The molecule has 1 unspecified atom stereocenters. The van der Waals surface area contributed by atoms with E-state index < -0.39 is 9.84 Å². The van der Waals surface area contributed by atoms with Crippen LogP contribution >= 0.6 is 0 Å². The normalized spacial score (nSPS) is 20.2. The number of amides is 1. The van der Waals surface area contributed by atoms with Gasteiger partial charge in [0.15, 0.2) is 15.5 Å². The molecule has 0 saturated carbocycles. The van der Waals surface area contributed by atoms with Gasteiger partial charge in [0.1, 0.15) is 0 Å². The van der Waals surface area contributed by atoms with Gasteiger partial charge in [0.2, 0.25) is 0 Å². The third-order valence-corrected chi connectivity index (χ3v) is 8.42. The van der Waals surface area contributed by atoms with Crippen molar-refractivity contribution in [1.82, 2.24) is 20.0 Å². The first-order valence-electron chi connectivity index (χ1n) is 10.9. The standard InChI is InChI=1S/C23H27N5O3S/c1-23(2)9-8-18-19(10-23)26-27-20(18)22(29)25-17-11-24-28(12-17)21(15-6-4-3-5-7-15)16-13-32(30,31)14-16/h3-7,11-12,16,21H,8-10,13-14H2,1-2H3,(H,25,29)(H,26,27). The molecule has 1 aliphatic heterocycles. The maximum absolute atomic E-state index is 12.9. The minimum atomic E-state index is -2.97. The molecule has 2 aliphatic rings. The topological polar surface area (TPSA) is 110 Å². The summed E-state index contributed by atoms with van der Waals surface area (Å²) in [5, 5.41) is 14.7. The van der Waals surface area contributed by atoms with Crippen molar-refractivity contribution < 1.29 is 13.2 Å². The fraction of sp³-hybridized carbons (Fsp3) is 0.435. The van der Waals surface area contributed by atoms with Crippen LogP contribution in [0.1, 0.15) is 53.6 Å². The second-order valence-corrected chi connectivity index (χ2v) is 11.9. The van der Waals surface area contributed by atoms with Gasteiger partial charge < -0.3 is 5.32 Å². The van der Waals surface area contributed by atoms with Gasteiger partial charge >= 0.3 is 0 Å². The maximum atomic E-state index is 12.9. The number of hydrogen-bond donors (Lipinski definition) is 2. The average Bonchev–Trinajstić information content (AvgIpc) is 3.33. The van der Waals surface area contributed by atoms with E-state index in [1.54, 1.807) is 17.1 Å². The fourth-order valence-electron chi connectivity index (χ4n) is 4.86. The van der Waals surface area contributed by atoms with Crippen LogP contribution in [-0.4, -0.2) is 45.8 Å². The van der Waals surface area contributed by atoms with Gasteiger partial charge in [-0.1, -0.05) is 44.2 Å². The van der Waals surface area contributed by atoms with Gasteiger partial charge in [-0.3, -0.25) is 14.6 Å². The van der Waals surface area contributed by atoms with Gasteiger partial charge in [-0.25, -0.2) is 8.42 Å². The Bertz CT molecular complexity index is 1250. The molecule has 1 aromatic carbocycles. The van der Waals surface area contributed by atoms with Crippen LogP contribution in [-0.2, 0) is 22.7 Å². The summed E-state index contributed by atoms with van der Waals surface area (Å²) in [6.07, 6.45) is 6.09. The van der Waals surface area contributed by atoms with Crippen LogP contribution in [0.3, 0.4) is 0 Å². The third kappa shape index (κ3) is 3.97. The number of aromatic amines is 1. The summed E-state index contributed by atoms with van der Waals surface area (Å²) in [7, 11) is -2.97. The average molecular weight is 454 g/mol. The summed E-state index contributed by atoms with van der Waals surface area (Å²) in [5.41, 5.74) is 4.24. The van der Waals surface area contributed by atoms with Crippen LogP contribution in [0.2, 0.25) is 0 Å². The Morgan fingerprint density at radius 1 is 1.25 bits per heavy atom. The molecular weight excluding hydrogens is 426 g/mol. The molecule has 1 aliphatic carbocycles. The largest absolute Gasteiger partial charge is 0.318 e. The number of anilines is 1. The van der Waals surface area contributed by atoms with Crippen molar-refractivity contribution >= 4 is 21.4 Å². The van der Waals surface area contributed by atoms with E-state index in [2.05, 4.69) is 34.5 Å². The van der Waals surface area contributed by atoms with Crippen molar-refractivity contribution in [2.75, 3.05) is 16.8 Å². The van der Waals surface area contributed by atoms with Crippen LogP contribution < -0.4 is 5.32 Å². The highest BCUT2D eigenvalue weighted by molar-refractivity contribution is 7.92. The Morgan fingerprint density at radius 3 is 2.72 bits per heavy atom. The summed E-state index contributed by atoms with van der Waals surface area (Å²) in [5.74, 6) is -0.0231. The highest BCUT2D eigenvalue weighted by Gasteiger charge is 2.41. The summed E-state index contributed by atoms with van der Waals surface area (Å²) in [6.45, 7) is 4.45. The molecule has 32 heavy (non-hydrogen) atoms. The van der Waals surface area contributed by atoms with Crippen LogP contribution in [0.25, 0.3) is 0 Å². The number of nitrogens with zero attached hydrogens (tertiary/aromatic N) is 3. The maximum Gasteiger partial charge on any atom is 0.276 e. The number of carbonyl (C=O) groups is 1. The Balaban J connectivity index is 1.36. The van der Waals surface area contributed by atoms with E-state index in [4.69, 9.17) is 0 Å². The van der Waals surface area contributed by atoms with E-state index in [1.807, 2.05) is 30.3 Å². The number of benzene rings is 1. The van der Waals surface area contributed by atoms with Crippen LogP contribution in [0, 0.1) is 11.3 Å². The number of sulfone groups is 1. The molecule has 2 aromatic heterocycles. The van der Waals surface area contributed by atoms with Gasteiger partial charge in [-0.15, -0.1) is 0 Å². The predicted molar refractivity (Wildman–Crippen MR) is 121 cm³/mol. The Morgan fingerprint density at radius 2 is 2.00 bits per heavy atom. The third-order valence-electron chi connectivity index (χ3n) is 6.54. The number of fused-ring (bicyclic) bond motifs is 1. The molecule has 168 valence electrons. The molecule has 3 heterocycles. The lowest BCUT2D eigenvalue weighted by molar-refractivity contribution is 0.102. The first kappa shape index (κ1) is 20.9. The Kier molecular flexibility index (Phi) is 4.96. The summed E-state index contributed by atoms with van der Waals surface area (Å²) in [6, 6.07) is 9.55. The number of hydrogen-bond acceptors (Lipinski definition) is 5. The van der Waals surface area contributed by atoms with E-state index in [1.165, 1.54) is 0 Å². The lowest BCUT2D eigenvalue weighted by Gasteiger charge is -2.33. The molecule has 0 radical (unpaired) electrons. The van der Waals surface area contributed by atoms with Crippen molar-refractivity contribution in [3.63, 3.8) is 0 Å². The lowest BCUT2D eigenvalue weighted by atomic mass is 9.76. The number of H-pyrrole nitrogens is 1. The number of carbonyl (C=O) groups excluding carboxylic acids is 1. The van der Waals surface area contributed by atoms with Gasteiger partial charge in [-0.05, 0) is 30.2 Å². The molecule has 3 aromatic rings. The second kappa shape index (κ2) is 7.58. The van der Waals surface area contributed by atoms with Crippen LogP contribution in [0.15, 0.2) is 42.7 Å². The highest BCUT2D eigenvalue weighted by atomic mass is 32.2. The molecule has 1 fully saturated rings. The smallest absolute Gasteiger partial charge is 0.276 e. The molecule has 8 nitrogen and oxygen atoms in total. The minimum Gasteiger partial charge on any atom is -0.318 e. The van der Waals surface area contributed by atoms with E-state index in [0.717, 1.165) is 36.1 Å². The molecule has 1 atom stereocenters. The van der Waals surface area contributed by atoms with Crippen molar-refractivity contribution in [3.8, 4) is 0 Å². The predicted octanol–water partition coefficient (Wildman–Crippen LogP) is 3.01. The Labute approximate surface area is 187 Å². The van der Waals surface area contributed by atoms with Gasteiger partial charge in [-0.2, -0.15) is 10.2 Å². The van der Waals surface area contributed by atoms with Crippen molar-refractivity contribution in [2.45, 2.75) is 39.2 Å². The monoisotopic (exact) mass is 453 g/mol. The zero-order chi connectivity index (χ0) is 22.5. The van der Waals surface area contributed by atoms with Gasteiger partial charge in [0.25, 0.3) is 5.91 Å². The number of rotatable bonds is 5. The van der Waals surface area contributed by atoms with E-state index >= 15 is 0 Å². The second-order valence-electron chi connectivity index (χ2n) is 9.73. The molecule has 0 spiro atoms. The SMILES string of the molecule is CC1(C)CCc2c(C(=O)Nc3cnn(C(c4ccccc4)C4CS(=O)(=O)C4)c3)n[nH]c2C1. The van der Waals surface area contributed by atoms with Crippen molar-refractivity contribution in [3.05, 3.63) is 65.2 Å². The summed E-state index contributed by atoms with van der Waals surface area (Å²) >= 11 is 0. The van der Waals surface area contributed by atoms with Crippen LogP contribution in [0.4, 0.5) is 5.69 Å². The molecule has 9 heteroatoms. The first-order valence-corrected chi connectivity index (χ1v) is 12.7. The van der Waals surface area contributed by atoms with Gasteiger partial charge in [0, 0.05) is 23.4 Å². The number of aromatic nitrogens is 4. The van der Waals surface area contributed by atoms with Crippen LogP contribution in [0.5, 0.6) is 0 Å². The lowest BCUT2D eigenvalue weighted by Crippen LogP contribution is -2.42. The number of nitrogens with one attached hydrogen (secondary N) is 2. The zero-order valence-corrected chi connectivity index (χ0v) is 19.0. The quantitative estimate of drug-likeness (QED) is 0.617. The highest BCUT2D eigenvalue weighted by Crippen LogP contribution is 2.36. The molecule has 1 saturated heterocycles.